The summed E-state index contributed by atoms with van der Waals surface area (Å²) in [5, 5.41) is 12.7. The Labute approximate surface area is 166 Å². The van der Waals surface area contributed by atoms with E-state index in [9.17, 15) is 4.79 Å². The second kappa shape index (κ2) is 8.48. The Morgan fingerprint density at radius 2 is 1.89 bits per heavy atom. The number of halogens is 2. The SMILES string of the molecule is C[C@@H](Oc1ccc(Cl)cc1Cl)C(=O)Nc1ccc(-c2ccc(CO)o2)cc1. The first kappa shape index (κ1) is 19.3. The molecule has 7 heteroatoms. The molecular weight excluding hydrogens is 389 g/mol. The highest BCUT2D eigenvalue weighted by Crippen LogP contribution is 2.28. The zero-order valence-corrected chi connectivity index (χ0v) is 15.9. The van der Waals surface area contributed by atoms with Crippen LogP contribution in [0.4, 0.5) is 5.69 Å². The van der Waals surface area contributed by atoms with Crippen LogP contribution in [-0.2, 0) is 11.4 Å². The monoisotopic (exact) mass is 405 g/mol. The molecule has 0 spiro atoms. The molecule has 1 atom stereocenters. The maximum absolute atomic E-state index is 12.3. The number of hydrogen-bond donors (Lipinski definition) is 2. The molecule has 2 aromatic carbocycles. The van der Waals surface area contributed by atoms with Crippen LogP contribution in [-0.4, -0.2) is 17.1 Å². The molecule has 27 heavy (non-hydrogen) atoms. The Hall–Kier alpha value is -2.47. The minimum Gasteiger partial charge on any atom is -0.479 e. The van der Waals surface area contributed by atoms with Crippen molar-refractivity contribution in [2.24, 2.45) is 0 Å². The zero-order valence-electron chi connectivity index (χ0n) is 14.4. The summed E-state index contributed by atoms with van der Waals surface area (Å²) >= 11 is 11.9. The largest absolute Gasteiger partial charge is 0.479 e. The van der Waals surface area contributed by atoms with Gasteiger partial charge in [0, 0.05) is 16.3 Å². The van der Waals surface area contributed by atoms with Crippen LogP contribution < -0.4 is 10.1 Å². The van der Waals surface area contributed by atoms with Gasteiger partial charge >= 0.3 is 0 Å². The van der Waals surface area contributed by atoms with Gasteiger partial charge in [0.2, 0.25) is 0 Å². The third kappa shape index (κ3) is 4.83. The Kier molecular flexibility index (Phi) is 6.06. The lowest BCUT2D eigenvalue weighted by molar-refractivity contribution is -0.122. The molecule has 3 rings (SSSR count). The number of ether oxygens (including phenoxy) is 1. The van der Waals surface area contributed by atoms with Crippen molar-refractivity contribution in [3.05, 3.63) is 70.4 Å². The van der Waals surface area contributed by atoms with Gasteiger partial charge in [-0.2, -0.15) is 0 Å². The quantitative estimate of drug-likeness (QED) is 0.594. The zero-order chi connectivity index (χ0) is 19.4. The van der Waals surface area contributed by atoms with Crippen molar-refractivity contribution in [3.8, 4) is 17.1 Å². The van der Waals surface area contributed by atoms with Gasteiger partial charge in [0.1, 0.15) is 23.9 Å². The Morgan fingerprint density at radius 1 is 1.15 bits per heavy atom. The van der Waals surface area contributed by atoms with Gasteiger partial charge in [0.15, 0.2) is 6.10 Å². The van der Waals surface area contributed by atoms with Crippen molar-refractivity contribution in [3.63, 3.8) is 0 Å². The molecule has 0 bridgehead atoms. The number of benzene rings is 2. The lowest BCUT2D eigenvalue weighted by atomic mass is 10.1. The highest BCUT2D eigenvalue weighted by molar-refractivity contribution is 6.35. The van der Waals surface area contributed by atoms with Gasteiger partial charge in [0.25, 0.3) is 5.91 Å². The smallest absolute Gasteiger partial charge is 0.265 e. The fourth-order valence-electron chi connectivity index (χ4n) is 2.39. The second-order valence-corrected chi connectivity index (χ2v) is 6.67. The molecule has 0 aliphatic carbocycles. The summed E-state index contributed by atoms with van der Waals surface area (Å²) < 4.78 is 11.1. The van der Waals surface area contributed by atoms with E-state index in [0.717, 1.165) is 5.56 Å². The summed E-state index contributed by atoms with van der Waals surface area (Å²) in [6.45, 7) is 1.48. The first-order chi connectivity index (χ1) is 13.0. The van der Waals surface area contributed by atoms with E-state index < -0.39 is 6.10 Å². The van der Waals surface area contributed by atoms with E-state index in [0.29, 0.717) is 33.0 Å². The minimum atomic E-state index is -0.750. The molecule has 0 aliphatic rings. The summed E-state index contributed by atoms with van der Waals surface area (Å²) in [5.74, 6) is 1.21. The molecule has 1 aromatic heterocycles. The molecule has 5 nitrogen and oxygen atoms in total. The third-order valence-electron chi connectivity index (χ3n) is 3.82. The molecular formula is C20H17Cl2NO4. The van der Waals surface area contributed by atoms with Gasteiger partial charge in [-0.1, -0.05) is 23.2 Å². The van der Waals surface area contributed by atoms with Gasteiger partial charge < -0.3 is 19.6 Å². The van der Waals surface area contributed by atoms with Crippen LogP contribution >= 0.6 is 23.2 Å². The first-order valence-electron chi connectivity index (χ1n) is 8.19. The standard InChI is InChI=1S/C20H17Cl2NO4/c1-12(26-19-8-4-14(21)10-17(19)22)20(25)23-15-5-2-13(3-6-15)18-9-7-16(11-24)27-18/h2-10,12,24H,11H2,1H3,(H,23,25)/t12-/m1/s1. The van der Waals surface area contributed by atoms with Crippen molar-refractivity contribution in [1.82, 2.24) is 0 Å². The molecule has 3 aromatic rings. The average Bonchev–Trinajstić information content (AvgIpc) is 3.13. The number of aliphatic hydroxyl groups excluding tert-OH is 1. The van der Waals surface area contributed by atoms with Gasteiger partial charge in [-0.15, -0.1) is 0 Å². The molecule has 0 unspecified atom stereocenters. The van der Waals surface area contributed by atoms with E-state index in [4.69, 9.17) is 37.5 Å². The molecule has 1 amide bonds. The molecule has 0 saturated carbocycles. The molecule has 0 fully saturated rings. The number of hydrogen-bond acceptors (Lipinski definition) is 4. The number of furan rings is 1. The Balaban J connectivity index is 1.63. The molecule has 0 aliphatic heterocycles. The second-order valence-electron chi connectivity index (χ2n) is 5.83. The van der Waals surface area contributed by atoms with Gasteiger partial charge in [-0.3, -0.25) is 4.79 Å². The summed E-state index contributed by atoms with van der Waals surface area (Å²) in [7, 11) is 0. The number of carbonyl (C=O) groups is 1. The molecule has 2 N–H and O–H groups in total. The van der Waals surface area contributed by atoms with E-state index in [-0.39, 0.29) is 12.5 Å². The van der Waals surface area contributed by atoms with Gasteiger partial charge in [0.05, 0.1) is 5.02 Å². The van der Waals surface area contributed by atoms with Crippen molar-refractivity contribution in [2.75, 3.05) is 5.32 Å². The summed E-state index contributed by atoms with van der Waals surface area (Å²) in [6.07, 6.45) is -0.750. The Morgan fingerprint density at radius 3 is 2.52 bits per heavy atom. The fraction of sp³-hybridized carbons (Fsp3) is 0.150. The number of anilines is 1. The summed E-state index contributed by atoms with van der Waals surface area (Å²) in [6, 6.07) is 15.5. The van der Waals surface area contributed by atoms with Crippen LogP contribution in [0.2, 0.25) is 10.0 Å². The highest BCUT2D eigenvalue weighted by atomic mass is 35.5. The van der Waals surface area contributed by atoms with E-state index in [1.807, 2.05) is 12.1 Å². The third-order valence-corrected chi connectivity index (χ3v) is 4.35. The van der Waals surface area contributed by atoms with E-state index in [1.54, 1.807) is 49.4 Å². The van der Waals surface area contributed by atoms with E-state index in [1.165, 1.54) is 0 Å². The van der Waals surface area contributed by atoms with Crippen molar-refractivity contribution in [2.45, 2.75) is 19.6 Å². The molecule has 0 saturated heterocycles. The van der Waals surface area contributed by atoms with Crippen LogP contribution in [0, 0.1) is 0 Å². The van der Waals surface area contributed by atoms with Crippen LogP contribution in [0.15, 0.2) is 59.0 Å². The summed E-state index contributed by atoms with van der Waals surface area (Å²) in [4.78, 5) is 12.3. The highest BCUT2D eigenvalue weighted by Gasteiger charge is 2.16. The maximum Gasteiger partial charge on any atom is 0.265 e. The number of amides is 1. The van der Waals surface area contributed by atoms with Gasteiger partial charge in [-0.25, -0.2) is 0 Å². The first-order valence-corrected chi connectivity index (χ1v) is 8.94. The predicted octanol–water partition coefficient (Wildman–Crippen LogP) is 5.15. The fourth-order valence-corrected chi connectivity index (χ4v) is 2.85. The van der Waals surface area contributed by atoms with Crippen molar-refractivity contribution in [1.29, 1.82) is 0 Å². The number of rotatable bonds is 6. The number of carbonyl (C=O) groups excluding carboxylic acids is 1. The van der Waals surface area contributed by atoms with Gasteiger partial charge in [-0.05, 0) is 61.5 Å². The van der Waals surface area contributed by atoms with Crippen molar-refractivity contribution < 1.29 is 19.1 Å². The minimum absolute atomic E-state index is 0.149. The number of nitrogens with one attached hydrogen (secondary N) is 1. The lowest BCUT2D eigenvalue weighted by Gasteiger charge is -2.16. The van der Waals surface area contributed by atoms with Crippen LogP contribution in [0.1, 0.15) is 12.7 Å². The topological polar surface area (TPSA) is 71.7 Å². The van der Waals surface area contributed by atoms with Crippen LogP contribution in [0.3, 0.4) is 0 Å². The average molecular weight is 406 g/mol. The normalized spacial score (nSPS) is 11.9. The lowest BCUT2D eigenvalue weighted by Crippen LogP contribution is -2.30. The Bertz CT molecular complexity index is 937. The van der Waals surface area contributed by atoms with Crippen LogP contribution in [0.25, 0.3) is 11.3 Å². The molecule has 1 heterocycles. The van der Waals surface area contributed by atoms with Crippen LogP contribution in [0.5, 0.6) is 5.75 Å². The number of aliphatic hydroxyl groups is 1. The van der Waals surface area contributed by atoms with Crippen molar-refractivity contribution >= 4 is 34.8 Å². The predicted molar refractivity (Wildman–Crippen MR) is 105 cm³/mol. The van der Waals surface area contributed by atoms with E-state index in [2.05, 4.69) is 5.32 Å². The molecule has 0 radical (unpaired) electrons. The van der Waals surface area contributed by atoms with E-state index >= 15 is 0 Å². The maximum atomic E-state index is 12.3. The molecule has 140 valence electrons. The summed E-state index contributed by atoms with van der Waals surface area (Å²) in [5.41, 5.74) is 1.46.